The summed E-state index contributed by atoms with van der Waals surface area (Å²) in [7, 11) is 1.65. The van der Waals surface area contributed by atoms with Gasteiger partial charge in [0.2, 0.25) is 0 Å². The normalized spacial score (nSPS) is 14.4. The number of methoxy groups -OCH3 is 1. The molecule has 0 saturated heterocycles. The number of hydrogen-bond acceptors (Lipinski definition) is 4. The molecular weight excluding hydrogens is 318 g/mol. The van der Waals surface area contributed by atoms with Crippen LogP contribution in [-0.4, -0.2) is 39.6 Å². The van der Waals surface area contributed by atoms with Crippen LogP contribution in [0.25, 0.3) is 10.9 Å². The number of rotatable bonds is 4. The molecule has 0 bridgehead atoms. The van der Waals surface area contributed by atoms with Gasteiger partial charge in [-0.15, -0.1) is 0 Å². The lowest BCUT2D eigenvalue weighted by Gasteiger charge is -2.26. The van der Waals surface area contributed by atoms with Gasteiger partial charge < -0.3 is 14.8 Å². The minimum atomic E-state index is -0.898. The third kappa shape index (κ3) is 2.96. The molecule has 0 atom stereocenters. The molecule has 0 radical (unpaired) electrons. The quantitative estimate of drug-likeness (QED) is 0.765. The first kappa shape index (κ1) is 15.7. The van der Waals surface area contributed by atoms with Crippen LogP contribution in [0.5, 0.6) is 5.75 Å². The number of fused-ring (bicyclic) bond motifs is 3. The van der Waals surface area contributed by atoms with Crippen LogP contribution in [0.3, 0.4) is 0 Å². The summed E-state index contributed by atoms with van der Waals surface area (Å²) in [6.45, 7) is 2.45. The van der Waals surface area contributed by atoms with Crippen LogP contribution in [-0.2, 0) is 19.5 Å². The molecule has 0 aliphatic carbocycles. The summed E-state index contributed by atoms with van der Waals surface area (Å²) in [4.78, 5) is 21.4. The molecule has 2 aromatic heterocycles. The second-order valence-electron chi connectivity index (χ2n) is 6.30. The van der Waals surface area contributed by atoms with Gasteiger partial charge in [-0.05, 0) is 29.8 Å². The maximum atomic E-state index is 11.3. The maximum Gasteiger partial charge on any atom is 0.335 e. The van der Waals surface area contributed by atoms with Crippen LogP contribution < -0.4 is 4.74 Å². The zero-order chi connectivity index (χ0) is 17.4. The number of H-pyrrole nitrogens is 1. The predicted molar refractivity (Wildman–Crippen MR) is 93.9 cm³/mol. The Labute approximate surface area is 145 Å². The molecule has 0 fully saturated rings. The second kappa shape index (κ2) is 6.22. The number of benzene rings is 1. The number of aromatic carboxylic acids is 1. The van der Waals surface area contributed by atoms with E-state index in [0.29, 0.717) is 5.56 Å². The average molecular weight is 337 g/mol. The number of nitrogens with one attached hydrogen (secondary N) is 1. The van der Waals surface area contributed by atoms with Gasteiger partial charge in [-0.25, -0.2) is 4.79 Å². The molecule has 0 unspecified atom stereocenters. The lowest BCUT2D eigenvalue weighted by atomic mass is 10.0. The molecule has 3 heterocycles. The monoisotopic (exact) mass is 337 g/mol. The molecule has 2 N–H and O–H groups in total. The Morgan fingerprint density at radius 3 is 3.04 bits per heavy atom. The molecule has 4 rings (SSSR count). The number of aromatic nitrogens is 2. The number of carboxylic acids is 1. The first-order valence-corrected chi connectivity index (χ1v) is 8.22. The number of aromatic amines is 1. The fourth-order valence-electron chi connectivity index (χ4n) is 3.44. The molecule has 1 aliphatic heterocycles. The average Bonchev–Trinajstić information content (AvgIpc) is 2.99. The Hall–Kier alpha value is -2.86. The van der Waals surface area contributed by atoms with E-state index in [1.165, 1.54) is 11.3 Å². The van der Waals surface area contributed by atoms with Crippen molar-refractivity contribution < 1.29 is 14.6 Å². The highest BCUT2D eigenvalue weighted by atomic mass is 16.5. The highest BCUT2D eigenvalue weighted by molar-refractivity contribution is 5.95. The molecular formula is C19H19N3O3. The van der Waals surface area contributed by atoms with Gasteiger partial charge in [0.15, 0.2) is 0 Å². The number of ether oxygens (including phenoxy) is 1. The minimum absolute atomic E-state index is 0.320. The van der Waals surface area contributed by atoms with Crippen molar-refractivity contribution in [2.75, 3.05) is 13.7 Å². The van der Waals surface area contributed by atoms with Crippen molar-refractivity contribution in [1.29, 1.82) is 0 Å². The Morgan fingerprint density at radius 2 is 2.24 bits per heavy atom. The molecule has 3 aromatic rings. The van der Waals surface area contributed by atoms with Crippen molar-refractivity contribution in [3.05, 3.63) is 59.0 Å². The lowest BCUT2D eigenvalue weighted by Crippen LogP contribution is -2.30. The van der Waals surface area contributed by atoms with E-state index < -0.39 is 5.97 Å². The van der Waals surface area contributed by atoms with E-state index in [1.54, 1.807) is 25.4 Å². The lowest BCUT2D eigenvalue weighted by molar-refractivity contribution is 0.0697. The fourth-order valence-corrected chi connectivity index (χ4v) is 3.44. The molecule has 6 nitrogen and oxygen atoms in total. The molecule has 6 heteroatoms. The number of carbonyl (C=O) groups is 1. The van der Waals surface area contributed by atoms with Gasteiger partial charge in [0.1, 0.15) is 5.75 Å². The summed E-state index contributed by atoms with van der Waals surface area (Å²) in [6.07, 6.45) is 2.67. The van der Waals surface area contributed by atoms with Gasteiger partial charge in [-0.2, -0.15) is 0 Å². The van der Waals surface area contributed by atoms with E-state index >= 15 is 0 Å². The summed E-state index contributed by atoms with van der Waals surface area (Å²) in [6, 6.07) is 9.05. The third-order valence-electron chi connectivity index (χ3n) is 4.71. The summed E-state index contributed by atoms with van der Waals surface area (Å²) in [5.74, 6) is -0.0917. The highest BCUT2D eigenvalue weighted by Crippen LogP contribution is 2.29. The third-order valence-corrected chi connectivity index (χ3v) is 4.71. The van der Waals surface area contributed by atoms with E-state index in [0.717, 1.165) is 48.4 Å². The van der Waals surface area contributed by atoms with E-state index in [4.69, 9.17) is 4.74 Å². The largest absolute Gasteiger partial charge is 0.497 e. The number of carboxylic acid groups (broad SMARTS) is 1. The van der Waals surface area contributed by atoms with E-state index in [-0.39, 0.29) is 0 Å². The van der Waals surface area contributed by atoms with Gasteiger partial charge in [-0.1, -0.05) is 0 Å². The first-order valence-electron chi connectivity index (χ1n) is 8.22. The number of pyridine rings is 1. The van der Waals surface area contributed by atoms with E-state index in [1.807, 2.05) is 18.2 Å². The Morgan fingerprint density at radius 1 is 1.36 bits per heavy atom. The van der Waals surface area contributed by atoms with Gasteiger partial charge in [-0.3, -0.25) is 9.88 Å². The van der Waals surface area contributed by atoms with Crippen LogP contribution >= 0.6 is 0 Å². The molecule has 1 aliphatic rings. The van der Waals surface area contributed by atoms with Crippen molar-refractivity contribution in [3.8, 4) is 5.75 Å². The zero-order valence-electron chi connectivity index (χ0n) is 14.0. The van der Waals surface area contributed by atoms with Crippen molar-refractivity contribution in [2.45, 2.75) is 19.5 Å². The predicted octanol–water partition coefficient (Wildman–Crippen LogP) is 2.83. The van der Waals surface area contributed by atoms with Crippen LogP contribution in [0.4, 0.5) is 0 Å². The highest BCUT2D eigenvalue weighted by Gasteiger charge is 2.21. The summed E-state index contributed by atoms with van der Waals surface area (Å²) >= 11 is 0. The van der Waals surface area contributed by atoms with Gasteiger partial charge >= 0.3 is 5.97 Å². The van der Waals surface area contributed by atoms with Crippen LogP contribution in [0.1, 0.15) is 27.3 Å². The van der Waals surface area contributed by atoms with Gasteiger partial charge in [0, 0.05) is 54.9 Å². The standard InChI is InChI=1S/C19H19N3O3/c1-25-14-4-6-20-13(9-14)10-22-7-5-18-16(11-22)15-8-12(19(23)24)2-3-17(15)21-18/h2-4,6,8-9,21H,5,7,10-11H2,1H3,(H,23,24). The topological polar surface area (TPSA) is 78.5 Å². The maximum absolute atomic E-state index is 11.3. The molecule has 1 aromatic carbocycles. The molecule has 0 saturated carbocycles. The Kier molecular flexibility index (Phi) is 3.89. The van der Waals surface area contributed by atoms with Crippen molar-refractivity contribution >= 4 is 16.9 Å². The first-order chi connectivity index (χ1) is 12.1. The Bertz CT molecular complexity index is 948. The molecule has 25 heavy (non-hydrogen) atoms. The van der Waals surface area contributed by atoms with Crippen LogP contribution in [0.15, 0.2) is 36.5 Å². The zero-order valence-corrected chi connectivity index (χ0v) is 14.0. The smallest absolute Gasteiger partial charge is 0.335 e. The van der Waals surface area contributed by atoms with Crippen molar-refractivity contribution in [2.24, 2.45) is 0 Å². The number of nitrogens with zero attached hydrogens (tertiary/aromatic N) is 2. The van der Waals surface area contributed by atoms with Crippen molar-refractivity contribution in [1.82, 2.24) is 14.9 Å². The Balaban J connectivity index is 1.62. The van der Waals surface area contributed by atoms with Crippen LogP contribution in [0.2, 0.25) is 0 Å². The summed E-state index contributed by atoms with van der Waals surface area (Å²) in [5.41, 5.74) is 4.67. The second-order valence-corrected chi connectivity index (χ2v) is 6.30. The van der Waals surface area contributed by atoms with Gasteiger partial charge in [0.25, 0.3) is 0 Å². The molecule has 128 valence electrons. The van der Waals surface area contributed by atoms with E-state index in [9.17, 15) is 9.90 Å². The minimum Gasteiger partial charge on any atom is -0.497 e. The summed E-state index contributed by atoms with van der Waals surface area (Å²) in [5, 5.41) is 10.2. The van der Waals surface area contributed by atoms with Gasteiger partial charge in [0.05, 0.1) is 18.4 Å². The molecule has 0 spiro atoms. The SMILES string of the molecule is COc1ccnc(CN2CCc3[nH]c4ccc(C(=O)O)cc4c3C2)c1. The number of hydrogen-bond donors (Lipinski definition) is 2. The summed E-state index contributed by atoms with van der Waals surface area (Å²) < 4.78 is 5.26. The fraction of sp³-hybridized carbons (Fsp3) is 0.263. The van der Waals surface area contributed by atoms with Crippen molar-refractivity contribution in [3.63, 3.8) is 0 Å². The molecule has 0 amide bonds. The van der Waals surface area contributed by atoms with E-state index in [2.05, 4.69) is 14.9 Å². The van der Waals surface area contributed by atoms with Crippen LogP contribution in [0, 0.1) is 0 Å².